The summed E-state index contributed by atoms with van der Waals surface area (Å²) in [4.78, 5) is 0. The van der Waals surface area contributed by atoms with Crippen molar-refractivity contribution in [3.05, 3.63) is 53.6 Å². The zero-order valence-electron chi connectivity index (χ0n) is 11.2. The van der Waals surface area contributed by atoms with Crippen molar-refractivity contribution in [2.24, 2.45) is 0 Å². The second kappa shape index (κ2) is 4.28. The summed E-state index contributed by atoms with van der Waals surface area (Å²) in [5.41, 5.74) is 3.33. The maximum atomic E-state index is 2.42. The summed E-state index contributed by atoms with van der Waals surface area (Å²) in [5, 5.41) is 2.72. The number of hydrogen-bond acceptors (Lipinski definition) is 0. The van der Waals surface area contributed by atoms with Crippen LogP contribution in [0.15, 0.2) is 42.5 Å². The summed E-state index contributed by atoms with van der Waals surface area (Å²) < 4.78 is 0. The maximum Gasteiger partial charge on any atom is -0.00115 e. The van der Waals surface area contributed by atoms with Gasteiger partial charge < -0.3 is 0 Å². The van der Waals surface area contributed by atoms with E-state index >= 15 is 0 Å². The SMILES string of the molecule is CCC1(CC)CC=Cc2cc3ccccc3cc21. The summed E-state index contributed by atoms with van der Waals surface area (Å²) in [6, 6.07) is 13.4. The maximum absolute atomic E-state index is 2.42. The van der Waals surface area contributed by atoms with Gasteiger partial charge in [-0.1, -0.05) is 50.3 Å². The second-order valence-electron chi connectivity index (χ2n) is 5.38. The molecule has 0 heterocycles. The zero-order valence-corrected chi connectivity index (χ0v) is 11.2. The Hall–Kier alpha value is -1.56. The molecule has 0 radical (unpaired) electrons. The minimum Gasteiger partial charge on any atom is -0.0830 e. The Labute approximate surface area is 109 Å². The monoisotopic (exact) mass is 236 g/mol. The number of fused-ring (bicyclic) bond motifs is 2. The van der Waals surface area contributed by atoms with Crippen molar-refractivity contribution in [3.63, 3.8) is 0 Å². The van der Waals surface area contributed by atoms with Gasteiger partial charge in [0, 0.05) is 0 Å². The molecule has 18 heavy (non-hydrogen) atoms. The third kappa shape index (κ3) is 1.59. The highest BCUT2D eigenvalue weighted by Gasteiger charge is 2.31. The van der Waals surface area contributed by atoms with Crippen molar-refractivity contribution >= 4 is 16.8 Å². The molecule has 0 saturated carbocycles. The highest BCUT2D eigenvalue weighted by atomic mass is 14.3. The van der Waals surface area contributed by atoms with E-state index in [1.165, 1.54) is 35.6 Å². The predicted molar refractivity (Wildman–Crippen MR) is 79.9 cm³/mol. The third-order valence-electron chi connectivity index (χ3n) is 4.65. The molecule has 3 rings (SSSR count). The van der Waals surface area contributed by atoms with Crippen LogP contribution in [0.5, 0.6) is 0 Å². The second-order valence-corrected chi connectivity index (χ2v) is 5.38. The first-order valence-corrected chi connectivity index (χ1v) is 6.99. The molecule has 0 spiro atoms. The van der Waals surface area contributed by atoms with Gasteiger partial charge in [0.15, 0.2) is 0 Å². The molecular weight excluding hydrogens is 216 g/mol. The van der Waals surface area contributed by atoms with E-state index in [9.17, 15) is 0 Å². The third-order valence-corrected chi connectivity index (χ3v) is 4.65. The van der Waals surface area contributed by atoms with Crippen LogP contribution in [0, 0.1) is 0 Å². The fourth-order valence-electron chi connectivity index (χ4n) is 3.30. The van der Waals surface area contributed by atoms with Crippen molar-refractivity contribution in [2.75, 3.05) is 0 Å². The van der Waals surface area contributed by atoms with Gasteiger partial charge in [-0.3, -0.25) is 0 Å². The lowest BCUT2D eigenvalue weighted by molar-refractivity contribution is 0.397. The minimum atomic E-state index is 0.355. The van der Waals surface area contributed by atoms with Gasteiger partial charge in [-0.05, 0) is 58.7 Å². The van der Waals surface area contributed by atoms with E-state index in [-0.39, 0.29) is 0 Å². The molecule has 2 aromatic carbocycles. The molecule has 0 aromatic heterocycles. The lowest BCUT2D eigenvalue weighted by Crippen LogP contribution is -2.26. The van der Waals surface area contributed by atoms with Crippen molar-refractivity contribution < 1.29 is 0 Å². The van der Waals surface area contributed by atoms with Crippen LogP contribution in [-0.4, -0.2) is 0 Å². The van der Waals surface area contributed by atoms with Gasteiger partial charge in [-0.15, -0.1) is 0 Å². The van der Waals surface area contributed by atoms with Crippen LogP contribution in [0.4, 0.5) is 0 Å². The van der Waals surface area contributed by atoms with E-state index in [1.807, 2.05) is 0 Å². The van der Waals surface area contributed by atoms with Crippen LogP contribution >= 0.6 is 0 Å². The van der Waals surface area contributed by atoms with Crippen LogP contribution in [-0.2, 0) is 5.41 Å². The van der Waals surface area contributed by atoms with Crippen LogP contribution in [0.25, 0.3) is 16.8 Å². The summed E-state index contributed by atoms with van der Waals surface area (Å²) in [7, 11) is 0. The van der Waals surface area contributed by atoms with Crippen molar-refractivity contribution in [1.82, 2.24) is 0 Å². The molecule has 0 heteroatoms. The molecule has 1 aliphatic rings. The minimum absolute atomic E-state index is 0.355. The molecule has 0 unspecified atom stereocenters. The quantitative estimate of drug-likeness (QED) is 0.662. The van der Waals surface area contributed by atoms with Crippen LogP contribution in [0.3, 0.4) is 0 Å². The molecule has 0 amide bonds. The highest BCUT2D eigenvalue weighted by molar-refractivity contribution is 5.87. The first kappa shape index (κ1) is 11.5. The lowest BCUT2D eigenvalue weighted by atomic mass is 9.69. The van der Waals surface area contributed by atoms with Crippen molar-refractivity contribution in [3.8, 4) is 0 Å². The molecule has 0 saturated heterocycles. The van der Waals surface area contributed by atoms with E-state index < -0.39 is 0 Å². The first-order chi connectivity index (χ1) is 8.79. The van der Waals surface area contributed by atoms with Crippen molar-refractivity contribution in [1.29, 1.82) is 0 Å². The van der Waals surface area contributed by atoms with E-state index in [2.05, 4.69) is 62.4 Å². The number of allylic oxidation sites excluding steroid dienone is 1. The summed E-state index contributed by atoms with van der Waals surface area (Å²) >= 11 is 0. The topological polar surface area (TPSA) is 0 Å². The average molecular weight is 236 g/mol. The normalized spacial score (nSPS) is 16.8. The fourth-order valence-corrected chi connectivity index (χ4v) is 3.30. The molecule has 0 N–H and O–H groups in total. The highest BCUT2D eigenvalue weighted by Crippen LogP contribution is 2.42. The molecule has 0 aliphatic heterocycles. The molecule has 92 valence electrons. The van der Waals surface area contributed by atoms with Gasteiger partial charge in [0.1, 0.15) is 0 Å². The molecule has 1 aliphatic carbocycles. The molecular formula is C18H20. The Morgan fingerprint density at radius 3 is 2.33 bits per heavy atom. The van der Waals surface area contributed by atoms with Crippen molar-refractivity contribution in [2.45, 2.75) is 38.5 Å². The van der Waals surface area contributed by atoms with E-state index in [1.54, 1.807) is 5.56 Å². The van der Waals surface area contributed by atoms with Crippen LogP contribution in [0.1, 0.15) is 44.2 Å². The standard InChI is InChI=1S/C18H20/c1-3-18(4-2)11-7-10-16-12-14-8-5-6-9-15(14)13-17(16)18/h5-10,12-13H,3-4,11H2,1-2H3. The Balaban J connectivity index is 2.29. The first-order valence-electron chi connectivity index (χ1n) is 6.99. The van der Waals surface area contributed by atoms with Gasteiger partial charge in [0.05, 0.1) is 0 Å². The summed E-state index contributed by atoms with van der Waals surface area (Å²) in [6.45, 7) is 4.64. The number of hydrogen-bond donors (Lipinski definition) is 0. The Bertz CT molecular complexity index is 600. The van der Waals surface area contributed by atoms with Crippen LogP contribution in [0.2, 0.25) is 0 Å². The molecule has 0 nitrogen and oxygen atoms in total. The predicted octanol–water partition coefficient (Wildman–Crippen LogP) is 5.31. The zero-order chi connectivity index (χ0) is 12.6. The van der Waals surface area contributed by atoms with E-state index in [0.717, 1.165) is 0 Å². The smallest absolute Gasteiger partial charge is 0.00115 e. The Kier molecular flexibility index (Phi) is 2.74. The van der Waals surface area contributed by atoms with Crippen LogP contribution < -0.4 is 0 Å². The van der Waals surface area contributed by atoms with Gasteiger partial charge in [-0.25, -0.2) is 0 Å². The van der Waals surface area contributed by atoms with E-state index in [0.29, 0.717) is 5.41 Å². The van der Waals surface area contributed by atoms with E-state index in [4.69, 9.17) is 0 Å². The molecule has 0 fully saturated rings. The van der Waals surface area contributed by atoms with Gasteiger partial charge >= 0.3 is 0 Å². The lowest BCUT2D eigenvalue weighted by Gasteiger charge is -2.35. The number of benzene rings is 2. The average Bonchev–Trinajstić information content (AvgIpc) is 2.44. The van der Waals surface area contributed by atoms with Gasteiger partial charge in [0.2, 0.25) is 0 Å². The number of rotatable bonds is 2. The fraction of sp³-hybridized carbons (Fsp3) is 0.333. The van der Waals surface area contributed by atoms with Gasteiger partial charge in [-0.2, -0.15) is 0 Å². The largest absolute Gasteiger partial charge is 0.0830 e. The molecule has 2 aromatic rings. The van der Waals surface area contributed by atoms with Gasteiger partial charge in [0.25, 0.3) is 0 Å². The Morgan fingerprint density at radius 2 is 1.67 bits per heavy atom. The molecule has 0 bridgehead atoms. The molecule has 0 atom stereocenters. The Morgan fingerprint density at radius 1 is 1.00 bits per heavy atom. The summed E-state index contributed by atoms with van der Waals surface area (Å²) in [5.74, 6) is 0. The summed E-state index contributed by atoms with van der Waals surface area (Å²) in [6.07, 6.45) is 8.28.